The standard InChI is InChI=1S/C9H14N2O6S/c1-5(12)10-6(8(14)15)3-18-4-7(13)11-9(16)17-2/h6H,3-4H2,1-2H3,(H,10,12)(H,14,15)(H,11,13,16). The van der Waals surface area contributed by atoms with E-state index in [-0.39, 0.29) is 11.5 Å². The number of hydrogen-bond acceptors (Lipinski definition) is 6. The Kier molecular flexibility index (Phi) is 7.52. The highest BCUT2D eigenvalue weighted by molar-refractivity contribution is 8.00. The Morgan fingerprint density at radius 3 is 2.39 bits per heavy atom. The van der Waals surface area contributed by atoms with Crippen LogP contribution in [0.5, 0.6) is 0 Å². The molecular formula is C9H14N2O6S. The van der Waals surface area contributed by atoms with E-state index in [4.69, 9.17) is 5.11 Å². The lowest BCUT2D eigenvalue weighted by atomic mass is 10.3. The second-order valence-corrected chi connectivity index (χ2v) is 4.18. The first-order chi connectivity index (χ1) is 8.36. The summed E-state index contributed by atoms with van der Waals surface area (Å²) in [6, 6.07) is -1.07. The van der Waals surface area contributed by atoms with Gasteiger partial charge in [-0.3, -0.25) is 14.9 Å². The predicted molar refractivity (Wildman–Crippen MR) is 63.1 cm³/mol. The van der Waals surface area contributed by atoms with Crippen molar-refractivity contribution < 1.29 is 29.0 Å². The molecule has 0 aliphatic heterocycles. The Bertz CT molecular complexity index is 346. The molecule has 0 saturated carbocycles. The van der Waals surface area contributed by atoms with Crippen molar-refractivity contribution in [2.75, 3.05) is 18.6 Å². The third kappa shape index (κ3) is 7.49. The number of carbonyl (C=O) groups is 4. The largest absolute Gasteiger partial charge is 0.480 e. The molecular weight excluding hydrogens is 264 g/mol. The molecule has 3 N–H and O–H groups in total. The lowest BCUT2D eigenvalue weighted by Crippen LogP contribution is -2.42. The molecule has 0 aromatic rings. The highest BCUT2D eigenvalue weighted by atomic mass is 32.2. The maximum absolute atomic E-state index is 11.1. The lowest BCUT2D eigenvalue weighted by molar-refractivity contribution is -0.140. The van der Waals surface area contributed by atoms with Gasteiger partial charge in [0, 0.05) is 12.7 Å². The van der Waals surface area contributed by atoms with Gasteiger partial charge in [-0.25, -0.2) is 9.59 Å². The van der Waals surface area contributed by atoms with Crippen molar-refractivity contribution in [1.82, 2.24) is 10.6 Å². The number of carbonyl (C=O) groups excluding carboxylic acids is 3. The van der Waals surface area contributed by atoms with Crippen molar-refractivity contribution in [2.45, 2.75) is 13.0 Å². The average Bonchev–Trinajstić information content (AvgIpc) is 2.26. The molecule has 0 aromatic carbocycles. The van der Waals surface area contributed by atoms with Crippen LogP contribution in [-0.4, -0.2) is 53.6 Å². The van der Waals surface area contributed by atoms with Gasteiger partial charge in [0.25, 0.3) is 0 Å². The van der Waals surface area contributed by atoms with Crippen LogP contribution in [0.15, 0.2) is 0 Å². The zero-order chi connectivity index (χ0) is 14.1. The minimum absolute atomic E-state index is 0.0174. The molecule has 102 valence electrons. The number of aliphatic carboxylic acids is 1. The van der Waals surface area contributed by atoms with E-state index in [0.29, 0.717) is 0 Å². The van der Waals surface area contributed by atoms with E-state index in [1.54, 1.807) is 0 Å². The molecule has 0 bridgehead atoms. The highest BCUT2D eigenvalue weighted by Crippen LogP contribution is 2.03. The molecule has 0 aromatic heterocycles. The van der Waals surface area contributed by atoms with Crippen LogP contribution in [0.4, 0.5) is 4.79 Å². The Labute approximate surface area is 107 Å². The maximum Gasteiger partial charge on any atom is 0.413 e. The topological polar surface area (TPSA) is 122 Å². The van der Waals surface area contributed by atoms with Gasteiger partial charge in [0.1, 0.15) is 6.04 Å². The number of ether oxygens (including phenoxy) is 1. The van der Waals surface area contributed by atoms with E-state index in [9.17, 15) is 19.2 Å². The van der Waals surface area contributed by atoms with Crippen molar-refractivity contribution >= 4 is 35.6 Å². The first-order valence-corrected chi connectivity index (χ1v) is 5.97. The molecule has 0 rings (SSSR count). The number of imide groups is 1. The SMILES string of the molecule is COC(=O)NC(=O)CSCC(NC(C)=O)C(=O)O. The van der Waals surface area contributed by atoms with Crippen LogP contribution < -0.4 is 10.6 Å². The predicted octanol–water partition coefficient (Wildman–Crippen LogP) is -0.808. The normalized spacial score (nSPS) is 11.2. The van der Waals surface area contributed by atoms with Crippen LogP contribution in [0.25, 0.3) is 0 Å². The molecule has 9 heteroatoms. The number of rotatable bonds is 6. The van der Waals surface area contributed by atoms with Crippen LogP contribution in [0.2, 0.25) is 0 Å². The Morgan fingerprint density at radius 1 is 1.33 bits per heavy atom. The summed E-state index contributed by atoms with van der Waals surface area (Å²) >= 11 is 0.977. The molecule has 1 atom stereocenters. The van der Waals surface area contributed by atoms with Gasteiger partial charge in [0.2, 0.25) is 11.8 Å². The molecule has 0 fully saturated rings. The van der Waals surface area contributed by atoms with Crippen LogP contribution in [0.1, 0.15) is 6.92 Å². The summed E-state index contributed by atoms with van der Waals surface area (Å²) in [4.78, 5) is 43.2. The van der Waals surface area contributed by atoms with Crippen molar-refractivity contribution in [1.29, 1.82) is 0 Å². The molecule has 0 saturated heterocycles. The van der Waals surface area contributed by atoms with Crippen molar-refractivity contribution in [3.63, 3.8) is 0 Å². The second-order valence-electron chi connectivity index (χ2n) is 3.15. The van der Waals surface area contributed by atoms with E-state index in [2.05, 4.69) is 10.1 Å². The molecule has 0 radical (unpaired) electrons. The van der Waals surface area contributed by atoms with Crippen molar-refractivity contribution in [3.05, 3.63) is 0 Å². The Hall–Kier alpha value is -1.77. The quantitative estimate of drug-likeness (QED) is 0.581. The number of hydrogen-bond donors (Lipinski definition) is 3. The molecule has 0 aliphatic carbocycles. The molecule has 0 spiro atoms. The zero-order valence-corrected chi connectivity index (χ0v) is 10.7. The van der Waals surface area contributed by atoms with Gasteiger partial charge in [-0.15, -0.1) is 11.8 Å². The Morgan fingerprint density at radius 2 is 1.94 bits per heavy atom. The third-order valence-electron chi connectivity index (χ3n) is 1.62. The fourth-order valence-corrected chi connectivity index (χ4v) is 1.73. The monoisotopic (exact) mass is 278 g/mol. The number of thioether (sulfide) groups is 1. The number of nitrogens with one attached hydrogen (secondary N) is 2. The highest BCUT2D eigenvalue weighted by Gasteiger charge is 2.19. The van der Waals surface area contributed by atoms with Crippen molar-refractivity contribution in [3.8, 4) is 0 Å². The number of carboxylic acid groups (broad SMARTS) is 1. The fourth-order valence-electron chi connectivity index (χ4n) is 0.890. The van der Waals surface area contributed by atoms with Crippen LogP contribution in [0, 0.1) is 0 Å². The number of carboxylic acids is 1. The van der Waals surface area contributed by atoms with E-state index in [1.165, 1.54) is 6.92 Å². The van der Waals surface area contributed by atoms with E-state index >= 15 is 0 Å². The fraction of sp³-hybridized carbons (Fsp3) is 0.556. The van der Waals surface area contributed by atoms with Gasteiger partial charge in [-0.1, -0.05) is 0 Å². The summed E-state index contributed by atoms with van der Waals surface area (Å²) in [5, 5.41) is 12.9. The van der Waals surface area contributed by atoms with E-state index in [0.717, 1.165) is 18.9 Å². The van der Waals surface area contributed by atoms with Gasteiger partial charge in [-0.2, -0.15) is 0 Å². The summed E-state index contributed by atoms with van der Waals surface area (Å²) in [5.41, 5.74) is 0. The van der Waals surface area contributed by atoms with Crippen LogP contribution >= 0.6 is 11.8 Å². The number of amides is 3. The molecule has 8 nitrogen and oxygen atoms in total. The number of alkyl carbamates (subject to hydrolysis) is 1. The molecule has 18 heavy (non-hydrogen) atoms. The molecule has 3 amide bonds. The van der Waals surface area contributed by atoms with Gasteiger partial charge >= 0.3 is 12.1 Å². The molecule has 0 aliphatic rings. The summed E-state index contributed by atoms with van der Waals surface area (Å²) in [6.45, 7) is 1.20. The summed E-state index contributed by atoms with van der Waals surface area (Å²) in [7, 11) is 1.12. The van der Waals surface area contributed by atoms with Gasteiger partial charge in [0.15, 0.2) is 0 Å². The summed E-state index contributed by atoms with van der Waals surface area (Å²) in [5.74, 6) is -2.35. The minimum Gasteiger partial charge on any atom is -0.480 e. The van der Waals surface area contributed by atoms with E-state index in [1.807, 2.05) is 5.32 Å². The minimum atomic E-state index is -1.19. The lowest BCUT2D eigenvalue weighted by Gasteiger charge is -2.12. The smallest absolute Gasteiger partial charge is 0.413 e. The third-order valence-corrected chi connectivity index (χ3v) is 2.66. The Balaban J connectivity index is 3.99. The van der Waals surface area contributed by atoms with Gasteiger partial charge in [0.05, 0.1) is 12.9 Å². The van der Waals surface area contributed by atoms with Crippen LogP contribution in [-0.2, 0) is 19.1 Å². The van der Waals surface area contributed by atoms with Gasteiger partial charge < -0.3 is 15.2 Å². The summed E-state index contributed by atoms with van der Waals surface area (Å²) < 4.78 is 4.21. The second kappa shape index (κ2) is 8.34. The number of methoxy groups -OCH3 is 1. The van der Waals surface area contributed by atoms with Crippen molar-refractivity contribution in [2.24, 2.45) is 0 Å². The molecule has 0 heterocycles. The average molecular weight is 278 g/mol. The van der Waals surface area contributed by atoms with E-state index < -0.39 is 29.9 Å². The first-order valence-electron chi connectivity index (χ1n) is 4.82. The summed E-state index contributed by atoms with van der Waals surface area (Å²) in [6.07, 6.45) is -0.878. The van der Waals surface area contributed by atoms with Crippen LogP contribution in [0.3, 0.4) is 0 Å². The zero-order valence-electron chi connectivity index (χ0n) is 9.89. The molecule has 1 unspecified atom stereocenters. The maximum atomic E-state index is 11.1. The first kappa shape index (κ1) is 16.2. The van der Waals surface area contributed by atoms with Gasteiger partial charge in [-0.05, 0) is 0 Å².